The summed E-state index contributed by atoms with van der Waals surface area (Å²) in [6, 6.07) is 0.398. The van der Waals surface area contributed by atoms with E-state index in [0.29, 0.717) is 6.04 Å². The number of guanidine groups is 1. The number of aliphatic imine (C=N–C) groups is 1. The standard InChI is InChI=1S/C18H32N6OS/c1-19-17(20-14-18(26-3)6-9-25-10-7-18)22-15-5-4-8-24(12-15)16-11-21-23(2)13-16/h11,13,15H,4-10,12,14H2,1-3H3,(H2,19,20,22). The summed E-state index contributed by atoms with van der Waals surface area (Å²) in [5.74, 6) is 0.906. The molecule has 0 aromatic carbocycles. The summed E-state index contributed by atoms with van der Waals surface area (Å²) in [5.41, 5.74) is 1.20. The zero-order valence-corrected chi connectivity index (χ0v) is 17.0. The molecule has 1 atom stereocenters. The number of nitrogens with zero attached hydrogens (tertiary/aromatic N) is 4. The first-order valence-electron chi connectivity index (χ1n) is 9.48. The monoisotopic (exact) mass is 380 g/mol. The van der Waals surface area contributed by atoms with Gasteiger partial charge >= 0.3 is 0 Å². The highest BCUT2D eigenvalue weighted by molar-refractivity contribution is 8.00. The first-order chi connectivity index (χ1) is 12.6. The van der Waals surface area contributed by atoms with Crippen molar-refractivity contribution in [2.24, 2.45) is 12.0 Å². The first kappa shape index (κ1) is 19.4. The molecule has 3 rings (SSSR count). The van der Waals surface area contributed by atoms with Crippen molar-refractivity contribution in [1.29, 1.82) is 0 Å². The molecule has 2 aliphatic rings. The van der Waals surface area contributed by atoms with E-state index >= 15 is 0 Å². The number of aromatic nitrogens is 2. The van der Waals surface area contributed by atoms with Crippen molar-refractivity contribution in [1.82, 2.24) is 20.4 Å². The van der Waals surface area contributed by atoms with Gasteiger partial charge < -0.3 is 20.3 Å². The van der Waals surface area contributed by atoms with E-state index in [9.17, 15) is 0 Å². The fourth-order valence-electron chi connectivity index (χ4n) is 3.73. The maximum absolute atomic E-state index is 5.54. The third kappa shape index (κ3) is 4.85. The quantitative estimate of drug-likeness (QED) is 0.596. The minimum atomic E-state index is 0.254. The number of hydrogen-bond acceptors (Lipinski definition) is 5. The molecule has 0 saturated carbocycles. The molecular formula is C18H32N6OS. The average molecular weight is 381 g/mol. The maximum atomic E-state index is 5.54. The Morgan fingerprint density at radius 1 is 1.46 bits per heavy atom. The highest BCUT2D eigenvalue weighted by Crippen LogP contribution is 2.33. The van der Waals surface area contributed by atoms with E-state index in [2.05, 4.69) is 38.1 Å². The average Bonchev–Trinajstić information content (AvgIpc) is 3.12. The molecular weight excluding hydrogens is 348 g/mol. The molecule has 146 valence electrons. The van der Waals surface area contributed by atoms with Gasteiger partial charge in [-0.05, 0) is 31.9 Å². The second-order valence-electron chi connectivity index (χ2n) is 7.23. The zero-order valence-electron chi connectivity index (χ0n) is 16.2. The molecule has 8 heteroatoms. The Hall–Kier alpha value is -1.41. The van der Waals surface area contributed by atoms with Crippen molar-refractivity contribution in [3.05, 3.63) is 12.4 Å². The normalized spacial score (nSPS) is 23.7. The molecule has 0 spiro atoms. The van der Waals surface area contributed by atoms with Crippen molar-refractivity contribution >= 4 is 23.4 Å². The molecule has 2 aliphatic heterocycles. The van der Waals surface area contributed by atoms with Gasteiger partial charge in [-0.1, -0.05) is 0 Å². The molecule has 1 aromatic heterocycles. The van der Waals surface area contributed by atoms with Crippen LogP contribution in [0.3, 0.4) is 0 Å². The third-order valence-corrected chi connectivity index (χ3v) is 6.88. The molecule has 2 saturated heterocycles. The lowest BCUT2D eigenvalue weighted by atomic mass is 9.99. The molecule has 2 N–H and O–H groups in total. The summed E-state index contributed by atoms with van der Waals surface area (Å²) in [6.07, 6.45) is 10.8. The van der Waals surface area contributed by atoms with Crippen LogP contribution in [0, 0.1) is 0 Å². The number of anilines is 1. The zero-order chi connectivity index (χ0) is 18.4. The Morgan fingerprint density at radius 2 is 2.27 bits per heavy atom. The van der Waals surface area contributed by atoms with E-state index in [0.717, 1.165) is 51.6 Å². The minimum Gasteiger partial charge on any atom is -0.381 e. The Morgan fingerprint density at radius 3 is 2.92 bits per heavy atom. The first-order valence-corrected chi connectivity index (χ1v) is 10.7. The molecule has 0 radical (unpaired) electrons. The molecule has 0 aliphatic carbocycles. The highest BCUT2D eigenvalue weighted by atomic mass is 32.2. The van der Waals surface area contributed by atoms with Gasteiger partial charge in [0.25, 0.3) is 0 Å². The number of hydrogen-bond donors (Lipinski definition) is 2. The van der Waals surface area contributed by atoms with Crippen LogP contribution in [-0.2, 0) is 11.8 Å². The third-order valence-electron chi connectivity index (χ3n) is 5.46. The summed E-state index contributed by atoms with van der Waals surface area (Å²) < 4.78 is 7.66. The minimum absolute atomic E-state index is 0.254. The number of nitrogens with one attached hydrogen (secondary N) is 2. The second-order valence-corrected chi connectivity index (χ2v) is 8.50. The smallest absolute Gasteiger partial charge is 0.191 e. The van der Waals surface area contributed by atoms with Gasteiger partial charge in [0, 0.05) is 63.9 Å². The van der Waals surface area contributed by atoms with Crippen LogP contribution in [0.25, 0.3) is 0 Å². The fraction of sp³-hybridized carbons (Fsp3) is 0.778. The van der Waals surface area contributed by atoms with Crippen molar-refractivity contribution in [3.63, 3.8) is 0 Å². The van der Waals surface area contributed by atoms with Gasteiger partial charge in [0.05, 0.1) is 11.9 Å². The second kappa shape index (κ2) is 8.99. The lowest BCUT2D eigenvalue weighted by Crippen LogP contribution is -2.53. The van der Waals surface area contributed by atoms with Crippen LogP contribution >= 0.6 is 11.8 Å². The van der Waals surface area contributed by atoms with Gasteiger partial charge in [-0.2, -0.15) is 16.9 Å². The molecule has 2 fully saturated rings. The van der Waals surface area contributed by atoms with Crippen LogP contribution in [0.2, 0.25) is 0 Å². The van der Waals surface area contributed by atoms with Crippen LogP contribution in [0.4, 0.5) is 5.69 Å². The number of piperidine rings is 1. The van der Waals surface area contributed by atoms with Crippen LogP contribution in [0.1, 0.15) is 25.7 Å². The molecule has 26 heavy (non-hydrogen) atoms. The van der Waals surface area contributed by atoms with E-state index in [1.165, 1.54) is 18.5 Å². The SMILES string of the molecule is CN=C(NCC1(SC)CCOCC1)NC1CCCN(c2cnn(C)c2)C1. The van der Waals surface area contributed by atoms with Crippen molar-refractivity contribution in [2.75, 3.05) is 51.1 Å². The topological polar surface area (TPSA) is 66.7 Å². The maximum Gasteiger partial charge on any atom is 0.191 e. The van der Waals surface area contributed by atoms with Gasteiger partial charge in [-0.15, -0.1) is 0 Å². The van der Waals surface area contributed by atoms with Crippen LogP contribution < -0.4 is 15.5 Å². The van der Waals surface area contributed by atoms with Gasteiger partial charge in [-0.3, -0.25) is 9.67 Å². The summed E-state index contributed by atoms with van der Waals surface area (Å²) in [6.45, 7) is 4.71. The van der Waals surface area contributed by atoms with Gasteiger partial charge in [0.15, 0.2) is 5.96 Å². The molecule has 7 nitrogen and oxygen atoms in total. The summed E-state index contributed by atoms with van der Waals surface area (Å²) in [4.78, 5) is 6.86. The number of thioether (sulfide) groups is 1. The lowest BCUT2D eigenvalue weighted by molar-refractivity contribution is 0.0782. The molecule has 1 aromatic rings. The van der Waals surface area contributed by atoms with E-state index in [1.54, 1.807) is 0 Å². The van der Waals surface area contributed by atoms with Crippen molar-refractivity contribution < 1.29 is 4.74 Å². The molecule has 0 amide bonds. The number of aryl methyl sites for hydroxylation is 1. The summed E-state index contributed by atoms with van der Waals surface area (Å²) in [5, 5.41) is 11.5. The largest absolute Gasteiger partial charge is 0.381 e. The lowest BCUT2D eigenvalue weighted by Gasteiger charge is -2.37. The Kier molecular flexibility index (Phi) is 6.69. The van der Waals surface area contributed by atoms with Crippen molar-refractivity contribution in [2.45, 2.75) is 36.5 Å². The van der Waals surface area contributed by atoms with Gasteiger partial charge in [-0.25, -0.2) is 0 Å². The Balaban J connectivity index is 1.52. The van der Waals surface area contributed by atoms with Crippen LogP contribution in [-0.4, -0.2) is 72.7 Å². The van der Waals surface area contributed by atoms with E-state index < -0.39 is 0 Å². The summed E-state index contributed by atoms with van der Waals surface area (Å²) in [7, 11) is 3.82. The van der Waals surface area contributed by atoms with Gasteiger partial charge in [0.2, 0.25) is 0 Å². The van der Waals surface area contributed by atoms with E-state index in [1.807, 2.05) is 36.7 Å². The van der Waals surface area contributed by atoms with Gasteiger partial charge in [0.1, 0.15) is 0 Å². The summed E-state index contributed by atoms with van der Waals surface area (Å²) >= 11 is 1.95. The molecule has 3 heterocycles. The predicted octanol–water partition coefficient (Wildman–Crippen LogP) is 1.47. The Labute approximate surface area is 160 Å². The molecule has 1 unspecified atom stereocenters. The van der Waals surface area contributed by atoms with Crippen LogP contribution in [0.15, 0.2) is 17.4 Å². The highest BCUT2D eigenvalue weighted by Gasteiger charge is 2.32. The molecule has 0 bridgehead atoms. The Bertz CT molecular complexity index is 598. The van der Waals surface area contributed by atoms with E-state index in [-0.39, 0.29) is 4.75 Å². The fourth-order valence-corrected chi connectivity index (χ4v) is 4.52. The predicted molar refractivity (Wildman–Crippen MR) is 109 cm³/mol. The number of ether oxygens (including phenoxy) is 1. The number of rotatable bonds is 5. The van der Waals surface area contributed by atoms with E-state index in [4.69, 9.17) is 4.74 Å². The van der Waals surface area contributed by atoms with Crippen molar-refractivity contribution in [3.8, 4) is 0 Å². The van der Waals surface area contributed by atoms with Crippen LogP contribution in [0.5, 0.6) is 0 Å².